The lowest BCUT2D eigenvalue weighted by atomic mass is 9.94. The van der Waals surface area contributed by atoms with Crippen molar-refractivity contribution in [2.45, 2.75) is 45.8 Å². The minimum Gasteiger partial charge on any atom is -0.443 e. The van der Waals surface area contributed by atoms with Gasteiger partial charge in [0.1, 0.15) is 5.60 Å². The highest BCUT2D eigenvalue weighted by atomic mass is 32.2. The number of benzene rings is 2. The first-order valence-electron chi connectivity index (χ1n) is 9.90. The van der Waals surface area contributed by atoms with E-state index in [0.29, 0.717) is 22.0 Å². The number of carbonyl (C=O) groups excluding carboxylic acids is 1. The molecule has 0 spiro atoms. The van der Waals surface area contributed by atoms with Gasteiger partial charge in [-0.1, -0.05) is 42.5 Å². The molecular formula is C22H26N4O5S. The van der Waals surface area contributed by atoms with Crippen molar-refractivity contribution in [3.63, 3.8) is 0 Å². The third-order valence-electron chi connectivity index (χ3n) is 4.58. The second kappa shape index (κ2) is 8.36. The van der Waals surface area contributed by atoms with Crippen LogP contribution in [0, 0.1) is 0 Å². The van der Waals surface area contributed by atoms with Crippen LogP contribution in [0.3, 0.4) is 0 Å². The molecule has 1 aromatic heterocycles. The van der Waals surface area contributed by atoms with E-state index in [2.05, 4.69) is 14.9 Å². The number of carbonyl (C=O) groups is 1. The van der Waals surface area contributed by atoms with Gasteiger partial charge in [-0.25, -0.2) is 14.6 Å². The molecule has 0 aliphatic heterocycles. The molecule has 0 aliphatic carbocycles. The van der Waals surface area contributed by atoms with Crippen LogP contribution in [-0.2, 0) is 20.5 Å². The zero-order valence-corrected chi connectivity index (χ0v) is 19.3. The lowest BCUT2D eigenvalue weighted by molar-refractivity contribution is 0.0569. The lowest BCUT2D eigenvalue weighted by Gasteiger charge is -2.27. The summed E-state index contributed by atoms with van der Waals surface area (Å²) >= 11 is 0. The summed E-state index contributed by atoms with van der Waals surface area (Å²) in [7, 11) is -4.18. The van der Waals surface area contributed by atoms with Crippen LogP contribution in [0.2, 0.25) is 0 Å². The molecule has 3 rings (SSSR count). The standard InChI is InChI=1S/C22H26N4O5S/c1-21(2,3)31-20(28)25-32(29,30)26-22(4,5)15-12-10-14(11-13-15)18-16-8-6-7-9-17(16)19(27)24-23-18/h6-13,26H,1-5H3,(H,24,27)(H,25,28). The van der Waals surface area contributed by atoms with Gasteiger partial charge in [-0.05, 0) is 46.2 Å². The summed E-state index contributed by atoms with van der Waals surface area (Å²) in [5, 5.41) is 7.93. The number of H-pyrrole nitrogens is 1. The Balaban J connectivity index is 1.83. The Hall–Kier alpha value is -3.24. The molecule has 1 heterocycles. The fourth-order valence-corrected chi connectivity index (χ4v) is 4.31. The number of nitrogens with one attached hydrogen (secondary N) is 3. The number of hydrogen-bond acceptors (Lipinski definition) is 6. The summed E-state index contributed by atoms with van der Waals surface area (Å²) in [6, 6.07) is 14.3. The fourth-order valence-electron chi connectivity index (χ4n) is 3.21. The number of ether oxygens (including phenoxy) is 1. The van der Waals surface area contributed by atoms with Gasteiger partial charge in [-0.3, -0.25) is 4.79 Å². The van der Waals surface area contributed by atoms with Crippen molar-refractivity contribution >= 4 is 27.1 Å². The lowest BCUT2D eigenvalue weighted by Crippen LogP contribution is -2.49. The van der Waals surface area contributed by atoms with E-state index in [0.717, 1.165) is 5.56 Å². The molecule has 32 heavy (non-hydrogen) atoms. The van der Waals surface area contributed by atoms with Crippen LogP contribution in [0.5, 0.6) is 0 Å². The van der Waals surface area contributed by atoms with Gasteiger partial charge in [0, 0.05) is 10.9 Å². The normalized spacial score (nSPS) is 12.5. The largest absolute Gasteiger partial charge is 0.443 e. The van der Waals surface area contributed by atoms with Gasteiger partial charge in [-0.2, -0.15) is 18.2 Å². The second-order valence-electron chi connectivity index (χ2n) is 8.86. The van der Waals surface area contributed by atoms with Gasteiger partial charge < -0.3 is 4.74 Å². The van der Waals surface area contributed by atoms with Gasteiger partial charge in [0.05, 0.1) is 16.6 Å². The number of rotatable bonds is 5. The molecule has 2 aromatic carbocycles. The molecule has 3 N–H and O–H groups in total. The molecule has 170 valence electrons. The number of nitrogens with zero attached hydrogens (tertiary/aromatic N) is 1. The highest BCUT2D eigenvalue weighted by Gasteiger charge is 2.29. The van der Waals surface area contributed by atoms with E-state index in [-0.39, 0.29) is 5.56 Å². The average Bonchev–Trinajstić information content (AvgIpc) is 2.66. The van der Waals surface area contributed by atoms with Crippen molar-refractivity contribution in [3.05, 3.63) is 64.4 Å². The van der Waals surface area contributed by atoms with Crippen molar-refractivity contribution in [2.24, 2.45) is 0 Å². The van der Waals surface area contributed by atoms with Crippen LogP contribution in [0.4, 0.5) is 4.79 Å². The predicted octanol–water partition coefficient (Wildman–Crippen LogP) is 3.18. The van der Waals surface area contributed by atoms with E-state index in [9.17, 15) is 18.0 Å². The second-order valence-corrected chi connectivity index (χ2v) is 10.3. The molecule has 3 aromatic rings. The predicted molar refractivity (Wildman–Crippen MR) is 122 cm³/mol. The van der Waals surface area contributed by atoms with Gasteiger partial charge in [0.25, 0.3) is 5.56 Å². The third kappa shape index (κ3) is 5.51. The number of aromatic amines is 1. The summed E-state index contributed by atoms with van der Waals surface area (Å²) < 4.78 is 34.1. The Morgan fingerprint density at radius 2 is 1.56 bits per heavy atom. The topological polar surface area (TPSA) is 130 Å². The molecule has 0 saturated carbocycles. The smallest absolute Gasteiger partial charge is 0.422 e. The highest BCUT2D eigenvalue weighted by Crippen LogP contribution is 2.27. The SMILES string of the molecule is CC(C)(C)OC(=O)NS(=O)(=O)NC(C)(C)c1ccc(-c2n[nH]c(=O)c3ccccc23)cc1. The molecule has 0 bridgehead atoms. The van der Waals surface area contributed by atoms with Crippen molar-refractivity contribution in [2.75, 3.05) is 0 Å². The van der Waals surface area contributed by atoms with E-state index in [1.807, 2.05) is 16.9 Å². The van der Waals surface area contributed by atoms with Gasteiger partial charge in [-0.15, -0.1) is 0 Å². The number of fused-ring (bicyclic) bond motifs is 1. The first-order chi connectivity index (χ1) is 14.8. The van der Waals surface area contributed by atoms with E-state index < -0.39 is 27.4 Å². The molecule has 9 nitrogen and oxygen atoms in total. The molecule has 0 aliphatic rings. The van der Waals surface area contributed by atoms with E-state index >= 15 is 0 Å². The first kappa shape index (κ1) is 23.4. The van der Waals surface area contributed by atoms with E-state index in [1.165, 1.54) is 0 Å². The summed E-state index contributed by atoms with van der Waals surface area (Å²) in [6.07, 6.45) is -1.06. The van der Waals surface area contributed by atoms with Crippen molar-refractivity contribution in [1.82, 2.24) is 19.6 Å². The molecule has 0 atom stereocenters. The monoisotopic (exact) mass is 458 g/mol. The fraction of sp³-hybridized carbons (Fsp3) is 0.318. The van der Waals surface area contributed by atoms with E-state index in [1.54, 1.807) is 71.0 Å². The maximum absolute atomic E-state index is 12.4. The molecule has 10 heteroatoms. The van der Waals surface area contributed by atoms with Gasteiger partial charge >= 0.3 is 16.3 Å². The zero-order valence-electron chi connectivity index (χ0n) is 18.5. The average molecular weight is 459 g/mol. The number of aromatic nitrogens is 2. The molecule has 0 radical (unpaired) electrons. The molecule has 0 unspecified atom stereocenters. The Morgan fingerprint density at radius 1 is 0.969 bits per heavy atom. The quantitative estimate of drug-likeness (QED) is 0.538. The first-order valence-corrected chi connectivity index (χ1v) is 11.4. The van der Waals surface area contributed by atoms with Crippen LogP contribution in [0.15, 0.2) is 53.3 Å². The van der Waals surface area contributed by atoms with Crippen LogP contribution in [-0.4, -0.2) is 30.3 Å². The van der Waals surface area contributed by atoms with Crippen LogP contribution >= 0.6 is 0 Å². The van der Waals surface area contributed by atoms with Gasteiger partial charge in [0.2, 0.25) is 0 Å². The third-order valence-corrected chi connectivity index (χ3v) is 5.80. The van der Waals surface area contributed by atoms with Crippen molar-refractivity contribution < 1.29 is 17.9 Å². The maximum Gasteiger partial charge on any atom is 0.422 e. The molecular weight excluding hydrogens is 432 g/mol. The number of amides is 1. The maximum atomic E-state index is 12.4. The Bertz CT molecular complexity index is 1310. The highest BCUT2D eigenvalue weighted by molar-refractivity contribution is 7.88. The van der Waals surface area contributed by atoms with Crippen LogP contribution < -0.4 is 15.0 Å². The molecule has 1 amide bonds. The summed E-state index contributed by atoms with van der Waals surface area (Å²) in [6.45, 7) is 8.25. The number of hydrogen-bond donors (Lipinski definition) is 3. The summed E-state index contributed by atoms with van der Waals surface area (Å²) in [5.41, 5.74) is -0.111. The Morgan fingerprint density at radius 3 is 2.16 bits per heavy atom. The zero-order chi connectivity index (χ0) is 23.7. The van der Waals surface area contributed by atoms with E-state index in [4.69, 9.17) is 4.74 Å². The van der Waals surface area contributed by atoms with Crippen molar-refractivity contribution in [3.8, 4) is 11.3 Å². The van der Waals surface area contributed by atoms with Crippen LogP contribution in [0.25, 0.3) is 22.0 Å². The van der Waals surface area contributed by atoms with Gasteiger partial charge in [0.15, 0.2) is 0 Å². The minimum absolute atomic E-state index is 0.269. The molecule has 0 saturated heterocycles. The molecule has 0 fully saturated rings. The van der Waals surface area contributed by atoms with Crippen molar-refractivity contribution in [1.29, 1.82) is 0 Å². The Kier molecular flexibility index (Phi) is 6.12. The minimum atomic E-state index is -4.18. The van der Waals surface area contributed by atoms with Crippen LogP contribution in [0.1, 0.15) is 40.2 Å². The summed E-state index contributed by atoms with van der Waals surface area (Å²) in [4.78, 5) is 23.9. The Labute approximate surface area is 186 Å². The summed E-state index contributed by atoms with van der Waals surface area (Å²) in [5.74, 6) is 0.